The average Bonchev–Trinajstić information content (AvgIpc) is 2.81. The maximum Gasteiger partial charge on any atom is 0.190 e. The summed E-state index contributed by atoms with van der Waals surface area (Å²) in [6, 6.07) is 0. The van der Waals surface area contributed by atoms with Crippen LogP contribution in [0.25, 0.3) is 0 Å². The largest absolute Gasteiger partial charge is 0.356 e. The van der Waals surface area contributed by atoms with Gasteiger partial charge in [0, 0.05) is 33.2 Å². The first kappa shape index (κ1) is 24.0. The van der Waals surface area contributed by atoms with Crippen LogP contribution in [0.15, 0.2) is 4.99 Å². The lowest BCUT2D eigenvalue weighted by molar-refractivity contribution is 0.270. The molecular weight excluding hydrogens is 437 g/mol. The second-order valence-corrected chi connectivity index (χ2v) is 8.20. The number of nitrogens with zero attached hydrogens (tertiary/aromatic N) is 3. The molecule has 1 saturated heterocycles. The Labute approximate surface area is 178 Å². The molecule has 0 aromatic rings. The fourth-order valence-electron chi connectivity index (χ4n) is 4.27. The lowest BCUT2D eigenvalue weighted by Crippen LogP contribution is -2.40. The van der Waals surface area contributed by atoms with Gasteiger partial charge in [0.2, 0.25) is 0 Å². The standard InChI is InChI=1S/C20H41N5.HI/c1-18-7-4-8-19(17-18)9-11-23-20(21-2)22-10-5-13-25-14-6-12-24(3)15-16-25;/h18-19H,4-17H2,1-3H3,(H2,21,22,23);1H. The highest BCUT2D eigenvalue weighted by molar-refractivity contribution is 14.0. The highest BCUT2D eigenvalue weighted by Gasteiger charge is 2.18. The minimum absolute atomic E-state index is 0. The smallest absolute Gasteiger partial charge is 0.190 e. The number of nitrogens with one attached hydrogen (secondary N) is 2. The van der Waals surface area contributed by atoms with Crippen LogP contribution in [0.4, 0.5) is 0 Å². The number of rotatable bonds is 7. The molecule has 6 heteroatoms. The third-order valence-electron chi connectivity index (χ3n) is 5.87. The summed E-state index contributed by atoms with van der Waals surface area (Å²) in [5, 5.41) is 6.99. The van der Waals surface area contributed by atoms with Gasteiger partial charge in [0.15, 0.2) is 5.96 Å². The van der Waals surface area contributed by atoms with Crippen LogP contribution in [0, 0.1) is 11.8 Å². The third-order valence-corrected chi connectivity index (χ3v) is 5.87. The number of guanidine groups is 1. The van der Waals surface area contributed by atoms with Gasteiger partial charge < -0.3 is 20.4 Å². The van der Waals surface area contributed by atoms with Crippen LogP contribution in [0.5, 0.6) is 0 Å². The monoisotopic (exact) mass is 479 g/mol. The SMILES string of the molecule is CN=C(NCCCN1CCCN(C)CC1)NCCC1CCCC(C)C1.I. The van der Waals surface area contributed by atoms with E-state index < -0.39 is 0 Å². The normalized spacial score (nSPS) is 26.0. The fraction of sp³-hybridized carbons (Fsp3) is 0.950. The summed E-state index contributed by atoms with van der Waals surface area (Å²) in [4.78, 5) is 9.41. The molecule has 1 heterocycles. The zero-order valence-corrected chi connectivity index (χ0v) is 19.6. The number of hydrogen-bond acceptors (Lipinski definition) is 3. The van der Waals surface area contributed by atoms with Crippen molar-refractivity contribution in [1.82, 2.24) is 20.4 Å². The van der Waals surface area contributed by atoms with E-state index in [1.165, 1.54) is 77.7 Å². The molecule has 2 atom stereocenters. The molecule has 0 bridgehead atoms. The van der Waals surface area contributed by atoms with E-state index in [4.69, 9.17) is 0 Å². The molecule has 0 aromatic carbocycles. The lowest BCUT2D eigenvalue weighted by atomic mass is 9.81. The minimum atomic E-state index is 0. The minimum Gasteiger partial charge on any atom is -0.356 e. The van der Waals surface area contributed by atoms with Gasteiger partial charge in [-0.2, -0.15) is 0 Å². The van der Waals surface area contributed by atoms with Crippen molar-refractivity contribution < 1.29 is 0 Å². The van der Waals surface area contributed by atoms with Gasteiger partial charge in [0.1, 0.15) is 0 Å². The number of halogens is 1. The van der Waals surface area contributed by atoms with E-state index in [1.807, 2.05) is 7.05 Å². The molecule has 2 fully saturated rings. The van der Waals surface area contributed by atoms with Crippen molar-refractivity contribution in [3.63, 3.8) is 0 Å². The summed E-state index contributed by atoms with van der Waals surface area (Å²) in [6.45, 7) is 10.6. The molecule has 1 aliphatic carbocycles. The molecule has 1 saturated carbocycles. The van der Waals surface area contributed by atoms with E-state index >= 15 is 0 Å². The van der Waals surface area contributed by atoms with Crippen LogP contribution in [-0.4, -0.2) is 75.7 Å². The van der Waals surface area contributed by atoms with Crippen molar-refractivity contribution in [2.24, 2.45) is 16.8 Å². The molecule has 2 N–H and O–H groups in total. The first-order valence-corrected chi connectivity index (χ1v) is 10.5. The van der Waals surface area contributed by atoms with Crippen LogP contribution in [0.2, 0.25) is 0 Å². The average molecular weight is 479 g/mol. The van der Waals surface area contributed by atoms with Gasteiger partial charge in [-0.05, 0) is 64.2 Å². The summed E-state index contributed by atoms with van der Waals surface area (Å²) < 4.78 is 0. The third kappa shape index (κ3) is 9.74. The molecule has 2 rings (SSSR count). The summed E-state index contributed by atoms with van der Waals surface area (Å²) >= 11 is 0. The predicted molar refractivity (Wildman–Crippen MR) is 124 cm³/mol. The van der Waals surface area contributed by atoms with E-state index in [2.05, 4.69) is 39.4 Å². The predicted octanol–water partition coefficient (Wildman–Crippen LogP) is 3.01. The summed E-state index contributed by atoms with van der Waals surface area (Å²) in [5.41, 5.74) is 0. The number of hydrogen-bond donors (Lipinski definition) is 2. The van der Waals surface area contributed by atoms with Crippen molar-refractivity contribution >= 4 is 29.9 Å². The van der Waals surface area contributed by atoms with Gasteiger partial charge in [-0.3, -0.25) is 4.99 Å². The topological polar surface area (TPSA) is 42.9 Å². The second kappa shape index (κ2) is 14.0. The van der Waals surface area contributed by atoms with Gasteiger partial charge in [0.25, 0.3) is 0 Å². The van der Waals surface area contributed by atoms with Crippen LogP contribution >= 0.6 is 24.0 Å². The van der Waals surface area contributed by atoms with Crippen LogP contribution in [0.3, 0.4) is 0 Å². The van der Waals surface area contributed by atoms with E-state index in [1.54, 1.807) is 0 Å². The molecule has 154 valence electrons. The Balaban J connectivity index is 0.00000338. The first-order chi connectivity index (χ1) is 12.2. The number of aliphatic imine (C=N–C) groups is 1. The Bertz CT molecular complexity index is 390. The lowest BCUT2D eigenvalue weighted by Gasteiger charge is -2.27. The maximum atomic E-state index is 4.37. The van der Waals surface area contributed by atoms with Gasteiger partial charge in [0.05, 0.1) is 0 Å². The van der Waals surface area contributed by atoms with Crippen LogP contribution in [-0.2, 0) is 0 Å². The molecule has 0 spiro atoms. The second-order valence-electron chi connectivity index (χ2n) is 8.20. The maximum absolute atomic E-state index is 4.37. The molecule has 0 radical (unpaired) electrons. The molecule has 5 nitrogen and oxygen atoms in total. The van der Waals surface area contributed by atoms with Crippen molar-refractivity contribution in [3.8, 4) is 0 Å². The van der Waals surface area contributed by atoms with E-state index in [0.717, 1.165) is 30.9 Å². The molecule has 1 aliphatic heterocycles. The van der Waals surface area contributed by atoms with Crippen LogP contribution < -0.4 is 10.6 Å². The Kier molecular flexibility index (Phi) is 12.9. The van der Waals surface area contributed by atoms with E-state index in [0.29, 0.717) is 0 Å². The van der Waals surface area contributed by atoms with E-state index in [-0.39, 0.29) is 24.0 Å². The van der Waals surface area contributed by atoms with Gasteiger partial charge in [-0.25, -0.2) is 0 Å². The molecule has 2 aliphatic rings. The Morgan fingerprint density at radius 2 is 1.85 bits per heavy atom. The Morgan fingerprint density at radius 1 is 1.04 bits per heavy atom. The molecule has 0 aromatic heterocycles. The summed E-state index contributed by atoms with van der Waals surface area (Å²) in [6.07, 6.45) is 9.46. The zero-order chi connectivity index (χ0) is 17.9. The first-order valence-electron chi connectivity index (χ1n) is 10.5. The quantitative estimate of drug-likeness (QED) is 0.255. The van der Waals surface area contributed by atoms with Gasteiger partial charge in [-0.1, -0.05) is 26.2 Å². The van der Waals surface area contributed by atoms with E-state index in [9.17, 15) is 0 Å². The number of likely N-dealkylation sites (N-methyl/N-ethyl adjacent to an activating group) is 1. The highest BCUT2D eigenvalue weighted by atomic mass is 127. The van der Waals surface area contributed by atoms with Crippen molar-refractivity contribution in [2.75, 3.05) is 59.9 Å². The fourth-order valence-corrected chi connectivity index (χ4v) is 4.27. The van der Waals surface area contributed by atoms with Crippen molar-refractivity contribution in [1.29, 1.82) is 0 Å². The van der Waals surface area contributed by atoms with Crippen molar-refractivity contribution in [2.45, 2.75) is 51.9 Å². The van der Waals surface area contributed by atoms with Gasteiger partial charge in [-0.15, -0.1) is 24.0 Å². The summed E-state index contributed by atoms with van der Waals surface area (Å²) in [5.74, 6) is 2.81. The summed E-state index contributed by atoms with van der Waals surface area (Å²) in [7, 11) is 4.11. The molecule has 2 unspecified atom stereocenters. The van der Waals surface area contributed by atoms with Crippen LogP contribution in [0.1, 0.15) is 51.9 Å². The zero-order valence-electron chi connectivity index (χ0n) is 17.3. The Morgan fingerprint density at radius 3 is 2.62 bits per heavy atom. The molecule has 0 amide bonds. The Hall–Kier alpha value is -0.0800. The molecular formula is C20H42IN5. The van der Waals surface area contributed by atoms with Gasteiger partial charge >= 0.3 is 0 Å². The van der Waals surface area contributed by atoms with Crippen molar-refractivity contribution in [3.05, 3.63) is 0 Å². The molecule has 26 heavy (non-hydrogen) atoms. The highest BCUT2D eigenvalue weighted by Crippen LogP contribution is 2.30.